The van der Waals surface area contributed by atoms with E-state index in [1.165, 1.54) is 16.7 Å². The third-order valence-electron chi connectivity index (χ3n) is 4.94. The van der Waals surface area contributed by atoms with Gasteiger partial charge < -0.3 is 5.73 Å². The van der Waals surface area contributed by atoms with Crippen LogP contribution in [0.5, 0.6) is 0 Å². The lowest BCUT2D eigenvalue weighted by Crippen LogP contribution is -2.49. The van der Waals surface area contributed by atoms with Gasteiger partial charge in [0.2, 0.25) is 5.91 Å². The number of nitrogens with two attached hydrogens (primary N) is 1. The second kappa shape index (κ2) is 6.97. The predicted octanol–water partition coefficient (Wildman–Crippen LogP) is 3.41. The van der Waals surface area contributed by atoms with Crippen molar-refractivity contribution in [1.29, 1.82) is 0 Å². The van der Waals surface area contributed by atoms with Gasteiger partial charge in [-0.15, -0.1) is 0 Å². The van der Waals surface area contributed by atoms with Crippen LogP contribution in [0.25, 0.3) is 11.1 Å². The van der Waals surface area contributed by atoms with Crippen LogP contribution >= 0.6 is 0 Å². The minimum Gasteiger partial charge on any atom is -0.368 e. The number of piperidine rings is 1. The van der Waals surface area contributed by atoms with Crippen molar-refractivity contribution in [2.75, 3.05) is 13.1 Å². The largest absolute Gasteiger partial charge is 0.368 e. The summed E-state index contributed by atoms with van der Waals surface area (Å²) in [5, 5.41) is 0. The third kappa shape index (κ3) is 3.45. The van der Waals surface area contributed by atoms with E-state index in [0.29, 0.717) is 5.92 Å². The van der Waals surface area contributed by atoms with Gasteiger partial charge in [-0.25, -0.2) is 0 Å². The number of nitrogens with zero attached hydrogens (tertiary/aromatic N) is 1. The predicted molar refractivity (Wildman–Crippen MR) is 94.1 cm³/mol. The maximum Gasteiger partial charge on any atom is 0.234 e. The molecule has 2 aromatic rings. The van der Waals surface area contributed by atoms with E-state index < -0.39 is 0 Å². The number of benzene rings is 2. The lowest BCUT2D eigenvalue weighted by atomic mass is 9.84. The molecule has 0 radical (unpaired) electrons. The van der Waals surface area contributed by atoms with Gasteiger partial charge >= 0.3 is 0 Å². The number of carbonyl (C=O) groups is 1. The summed E-state index contributed by atoms with van der Waals surface area (Å²) in [5.41, 5.74) is 9.36. The maximum absolute atomic E-state index is 11.7. The third-order valence-corrected chi connectivity index (χ3v) is 4.94. The molecule has 23 heavy (non-hydrogen) atoms. The van der Waals surface area contributed by atoms with Crippen LogP contribution in [-0.4, -0.2) is 29.9 Å². The molecular formula is C20H24N2O. The van der Waals surface area contributed by atoms with Crippen molar-refractivity contribution < 1.29 is 4.79 Å². The molecule has 1 amide bonds. The molecule has 0 bridgehead atoms. The second-order valence-corrected chi connectivity index (χ2v) is 6.26. The molecule has 0 aromatic heterocycles. The summed E-state index contributed by atoms with van der Waals surface area (Å²) < 4.78 is 0. The highest BCUT2D eigenvalue weighted by atomic mass is 16.1. The highest BCUT2D eigenvalue weighted by Crippen LogP contribution is 2.32. The van der Waals surface area contributed by atoms with Gasteiger partial charge in [-0.05, 0) is 48.5 Å². The molecule has 3 rings (SSSR count). The Morgan fingerprint density at radius 1 is 1.09 bits per heavy atom. The molecule has 1 saturated heterocycles. The molecular weight excluding hydrogens is 284 g/mol. The van der Waals surface area contributed by atoms with Gasteiger partial charge in [-0.2, -0.15) is 0 Å². The fourth-order valence-corrected chi connectivity index (χ4v) is 3.57. The molecule has 3 heteroatoms. The first-order chi connectivity index (χ1) is 11.2. The van der Waals surface area contributed by atoms with E-state index in [-0.39, 0.29) is 11.9 Å². The van der Waals surface area contributed by atoms with Crippen molar-refractivity contribution >= 4 is 5.91 Å². The lowest BCUT2D eigenvalue weighted by Gasteiger charge is -2.37. The van der Waals surface area contributed by atoms with E-state index in [1.54, 1.807) is 0 Å². The van der Waals surface area contributed by atoms with Crippen LogP contribution in [0.3, 0.4) is 0 Å². The van der Waals surface area contributed by atoms with E-state index >= 15 is 0 Å². The average Bonchev–Trinajstić information content (AvgIpc) is 2.62. The van der Waals surface area contributed by atoms with Crippen LogP contribution in [0.2, 0.25) is 0 Å². The van der Waals surface area contributed by atoms with Crippen LogP contribution in [0.15, 0.2) is 54.6 Å². The van der Waals surface area contributed by atoms with Crippen molar-refractivity contribution in [3.63, 3.8) is 0 Å². The summed E-state index contributed by atoms with van der Waals surface area (Å²) in [6, 6.07) is 19.0. The molecule has 2 aromatic carbocycles. The fourth-order valence-electron chi connectivity index (χ4n) is 3.57. The van der Waals surface area contributed by atoms with Crippen LogP contribution in [-0.2, 0) is 4.79 Å². The summed E-state index contributed by atoms with van der Waals surface area (Å²) in [6.45, 7) is 3.91. The Labute approximate surface area is 138 Å². The zero-order chi connectivity index (χ0) is 16.2. The molecule has 1 aliphatic heterocycles. The zero-order valence-electron chi connectivity index (χ0n) is 13.6. The summed E-state index contributed by atoms with van der Waals surface area (Å²) in [4.78, 5) is 13.9. The average molecular weight is 308 g/mol. The van der Waals surface area contributed by atoms with Crippen LogP contribution in [0.4, 0.5) is 0 Å². The van der Waals surface area contributed by atoms with Gasteiger partial charge in [-0.3, -0.25) is 9.69 Å². The molecule has 0 aliphatic carbocycles. The first-order valence-electron chi connectivity index (χ1n) is 8.37. The summed E-state index contributed by atoms with van der Waals surface area (Å²) in [5.74, 6) is 0.220. The van der Waals surface area contributed by atoms with Gasteiger partial charge in [0.1, 0.15) is 0 Å². The number of hydrogen-bond donors (Lipinski definition) is 1. The highest BCUT2D eigenvalue weighted by molar-refractivity contribution is 5.80. The topological polar surface area (TPSA) is 46.3 Å². The molecule has 0 saturated carbocycles. The minimum absolute atomic E-state index is 0.132. The Morgan fingerprint density at radius 3 is 2.35 bits per heavy atom. The second-order valence-electron chi connectivity index (χ2n) is 6.26. The fraction of sp³-hybridized carbons (Fsp3) is 0.350. The number of likely N-dealkylation sites (tertiary alicyclic amines) is 1. The molecule has 3 nitrogen and oxygen atoms in total. The van der Waals surface area contributed by atoms with Crippen molar-refractivity contribution in [3.05, 3.63) is 60.2 Å². The van der Waals surface area contributed by atoms with Crippen molar-refractivity contribution in [3.8, 4) is 11.1 Å². The van der Waals surface area contributed by atoms with Gasteiger partial charge in [0, 0.05) is 0 Å². The van der Waals surface area contributed by atoms with Crippen LogP contribution in [0.1, 0.15) is 31.2 Å². The Bertz CT molecular complexity index is 651. The Hall–Kier alpha value is -2.13. The summed E-state index contributed by atoms with van der Waals surface area (Å²) in [6.07, 6.45) is 1.91. The van der Waals surface area contributed by atoms with Crippen LogP contribution in [0, 0.1) is 0 Å². The molecule has 1 aliphatic rings. The molecule has 1 fully saturated rings. The lowest BCUT2D eigenvalue weighted by molar-refractivity contribution is -0.124. The first kappa shape index (κ1) is 15.8. The molecule has 0 spiro atoms. The normalized spacial score (nSPS) is 22.0. The van der Waals surface area contributed by atoms with Gasteiger partial charge in [0.15, 0.2) is 0 Å². The molecule has 2 atom stereocenters. The monoisotopic (exact) mass is 308 g/mol. The number of likely N-dealkylation sites (N-methyl/N-ethyl adjacent to an activating group) is 1. The van der Waals surface area contributed by atoms with E-state index in [9.17, 15) is 4.79 Å². The highest BCUT2D eigenvalue weighted by Gasteiger charge is 2.31. The summed E-state index contributed by atoms with van der Waals surface area (Å²) >= 11 is 0. The van der Waals surface area contributed by atoms with E-state index in [1.807, 2.05) is 6.07 Å². The first-order valence-corrected chi connectivity index (χ1v) is 8.37. The van der Waals surface area contributed by atoms with Gasteiger partial charge in [0.05, 0.1) is 6.04 Å². The van der Waals surface area contributed by atoms with E-state index in [0.717, 1.165) is 25.9 Å². The van der Waals surface area contributed by atoms with Crippen molar-refractivity contribution in [1.82, 2.24) is 4.90 Å². The maximum atomic E-state index is 11.7. The van der Waals surface area contributed by atoms with Gasteiger partial charge in [0.25, 0.3) is 0 Å². The van der Waals surface area contributed by atoms with Gasteiger partial charge in [-0.1, -0.05) is 61.5 Å². The smallest absolute Gasteiger partial charge is 0.234 e. The van der Waals surface area contributed by atoms with E-state index in [2.05, 4.69) is 60.4 Å². The summed E-state index contributed by atoms with van der Waals surface area (Å²) in [7, 11) is 0. The minimum atomic E-state index is -0.197. The molecule has 2 N–H and O–H groups in total. The number of carbonyl (C=O) groups excluding carboxylic acids is 1. The van der Waals surface area contributed by atoms with Crippen LogP contribution < -0.4 is 5.73 Å². The molecule has 1 unspecified atom stereocenters. The Morgan fingerprint density at radius 2 is 1.74 bits per heavy atom. The van der Waals surface area contributed by atoms with E-state index in [4.69, 9.17) is 5.73 Å². The molecule has 1 heterocycles. The number of amides is 1. The Balaban J connectivity index is 1.76. The number of rotatable bonds is 4. The Kier molecular flexibility index (Phi) is 4.77. The SMILES string of the molecule is CCN1CC[C@H](c2ccc(-c3ccccc3)cc2)CC1C(N)=O. The number of primary amides is 1. The van der Waals surface area contributed by atoms with Crippen molar-refractivity contribution in [2.24, 2.45) is 5.73 Å². The number of hydrogen-bond acceptors (Lipinski definition) is 2. The standard InChI is InChI=1S/C20H24N2O/c1-2-22-13-12-18(14-19(22)20(21)23)17-10-8-16(9-11-17)15-6-4-3-5-7-15/h3-11,18-19H,2,12-14H2,1H3,(H2,21,23)/t18-,19?/m0/s1. The quantitative estimate of drug-likeness (QED) is 0.941. The zero-order valence-corrected chi connectivity index (χ0v) is 13.6. The van der Waals surface area contributed by atoms with Crippen molar-refractivity contribution in [2.45, 2.75) is 31.7 Å². The molecule has 120 valence electrons.